The molecular weight excluding hydrogens is 298 g/mol. The van der Waals surface area contributed by atoms with Gasteiger partial charge in [-0.15, -0.1) is 0 Å². The van der Waals surface area contributed by atoms with Gasteiger partial charge >= 0.3 is 0 Å². The predicted molar refractivity (Wildman–Crippen MR) is 83.8 cm³/mol. The average Bonchev–Trinajstić information content (AvgIpc) is 2.85. The Labute approximate surface area is 134 Å². The molecule has 0 amide bonds. The number of nitrogens with two attached hydrogens (primary N) is 1. The zero-order valence-corrected chi connectivity index (χ0v) is 13.3. The van der Waals surface area contributed by atoms with Gasteiger partial charge in [-0.2, -0.15) is 4.98 Å². The van der Waals surface area contributed by atoms with E-state index in [9.17, 15) is 0 Å². The van der Waals surface area contributed by atoms with Gasteiger partial charge in [-0.3, -0.25) is 0 Å². The number of aryl methyl sites for hydroxylation is 2. The van der Waals surface area contributed by atoms with Crippen molar-refractivity contribution in [1.82, 2.24) is 15.1 Å². The van der Waals surface area contributed by atoms with E-state index in [4.69, 9.17) is 19.7 Å². The number of rotatable bonds is 5. The van der Waals surface area contributed by atoms with E-state index in [0.717, 1.165) is 23.4 Å². The summed E-state index contributed by atoms with van der Waals surface area (Å²) >= 11 is 0. The number of ether oxygens (including phenoxy) is 2. The first-order chi connectivity index (χ1) is 11.1. The van der Waals surface area contributed by atoms with Gasteiger partial charge in [0.1, 0.15) is 11.6 Å². The molecule has 2 aromatic heterocycles. The molecule has 3 rings (SSSR count). The molecule has 1 fully saturated rings. The van der Waals surface area contributed by atoms with Crippen molar-refractivity contribution in [3.63, 3.8) is 0 Å². The van der Waals surface area contributed by atoms with Crippen LogP contribution in [0.25, 0.3) is 0 Å². The molecule has 8 heteroatoms. The molecule has 0 aliphatic carbocycles. The molecule has 1 aliphatic rings. The van der Waals surface area contributed by atoms with E-state index in [-0.39, 0.29) is 12.1 Å². The van der Waals surface area contributed by atoms with Crippen molar-refractivity contribution in [3.05, 3.63) is 29.3 Å². The van der Waals surface area contributed by atoms with Crippen molar-refractivity contribution in [2.45, 2.75) is 39.0 Å². The highest BCUT2D eigenvalue weighted by Gasteiger charge is 2.28. The lowest BCUT2D eigenvalue weighted by molar-refractivity contribution is -0.0483. The molecule has 0 aromatic carbocycles. The molecular formula is C15H21N5O3. The van der Waals surface area contributed by atoms with Gasteiger partial charge in [0.25, 0.3) is 0 Å². The minimum absolute atomic E-state index is 0.0116. The van der Waals surface area contributed by atoms with Gasteiger partial charge in [-0.25, -0.2) is 4.98 Å². The Hall–Kier alpha value is -2.19. The molecule has 3 heterocycles. The molecule has 8 nitrogen and oxygen atoms in total. The largest absolute Gasteiger partial charge is 0.384 e. The average molecular weight is 319 g/mol. The van der Waals surface area contributed by atoms with Crippen LogP contribution in [0.1, 0.15) is 23.4 Å². The lowest BCUT2D eigenvalue weighted by Crippen LogP contribution is -2.44. The van der Waals surface area contributed by atoms with Gasteiger partial charge in [-0.1, -0.05) is 5.16 Å². The Kier molecular flexibility index (Phi) is 4.73. The van der Waals surface area contributed by atoms with Crippen LogP contribution in [0, 0.1) is 13.8 Å². The van der Waals surface area contributed by atoms with E-state index in [1.807, 2.05) is 13.8 Å². The second-order valence-corrected chi connectivity index (χ2v) is 5.57. The Bertz CT molecular complexity index is 641. The zero-order chi connectivity index (χ0) is 16.2. The number of hydrogen-bond donors (Lipinski definition) is 2. The smallest absolute Gasteiger partial charge is 0.224 e. The van der Waals surface area contributed by atoms with Gasteiger partial charge < -0.3 is 25.0 Å². The molecule has 23 heavy (non-hydrogen) atoms. The summed E-state index contributed by atoms with van der Waals surface area (Å²) in [5.41, 5.74) is 7.54. The van der Waals surface area contributed by atoms with Crippen LogP contribution in [0.2, 0.25) is 0 Å². The van der Waals surface area contributed by atoms with Crippen LogP contribution in [0.3, 0.4) is 0 Å². The summed E-state index contributed by atoms with van der Waals surface area (Å²) < 4.78 is 16.8. The highest BCUT2D eigenvalue weighted by molar-refractivity contribution is 5.36. The summed E-state index contributed by atoms with van der Waals surface area (Å²) in [6, 6.07) is 1.61. The number of aromatic nitrogens is 3. The molecule has 2 aromatic rings. The summed E-state index contributed by atoms with van der Waals surface area (Å²) in [6.07, 6.45) is 2.40. The number of nitrogen functional groups attached to an aromatic ring is 1. The molecule has 0 saturated carbocycles. The molecule has 2 atom stereocenters. The maximum Gasteiger partial charge on any atom is 0.224 e. The second-order valence-electron chi connectivity index (χ2n) is 5.57. The summed E-state index contributed by atoms with van der Waals surface area (Å²) in [6.45, 7) is 5.46. The first kappa shape index (κ1) is 15.7. The molecule has 124 valence electrons. The first-order valence-electron chi connectivity index (χ1n) is 7.59. The van der Waals surface area contributed by atoms with E-state index in [1.165, 1.54) is 0 Å². The van der Waals surface area contributed by atoms with Crippen LogP contribution in [-0.4, -0.2) is 40.5 Å². The van der Waals surface area contributed by atoms with Crippen molar-refractivity contribution >= 4 is 11.8 Å². The Morgan fingerprint density at radius 2 is 2.30 bits per heavy atom. The number of anilines is 2. The highest BCUT2D eigenvalue weighted by Crippen LogP contribution is 2.20. The molecule has 3 N–H and O–H groups in total. The van der Waals surface area contributed by atoms with E-state index in [1.54, 1.807) is 12.3 Å². The third-order valence-electron chi connectivity index (χ3n) is 3.91. The quantitative estimate of drug-likeness (QED) is 0.852. The first-order valence-corrected chi connectivity index (χ1v) is 7.59. The maximum atomic E-state index is 6.07. The maximum absolute atomic E-state index is 6.07. The molecule has 0 bridgehead atoms. The monoisotopic (exact) mass is 319 g/mol. The van der Waals surface area contributed by atoms with Gasteiger partial charge in [0.2, 0.25) is 5.95 Å². The molecule has 0 radical (unpaired) electrons. The summed E-state index contributed by atoms with van der Waals surface area (Å²) in [5, 5.41) is 7.19. The van der Waals surface area contributed by atoms with Crippen LogP contribution in [0.5, 0.6) is 0 Å². The number of hydrogen-bond acceptors (Lipinski definition) is 8. The minimum Gasteiger partial charge on any atom is -0.384 e. The van der Waals surface area contributed by atoms with Crippen molar-refractivity contribution in [2.24, 2.45) is 0 Å². The van der Waals surface area contributed by atoms with Crippen LogP contribution in [0.15, 0.2) is 16.8 Å². The normalized spacial score (nSPS) is 21.3. The van der Waals surface area contributed by atoms with Crippen molar-refractivity contribution < 1.29 is 14.0 Å². The van der Waals surface area contributed by atoms with E-state index in [2.05, 4.69) is 20.4 Å². The fourth-order valence-electron chi connectivity index (χ4n) is 2.56. The SMILES string of the molecule is Cc1noc(C)c1CO[C@H]1CCOC[C@H]1Nc1nccc(N)n1. The Morgan fingerprint density at radius 1 is 1.43 bits per heavy atom. The van der Waals surface area contributed by atoms with Crippen LogP contribution in [-0.2, 0) is 16.1 Å². The number of nitrogens with zero attached hydrogens (tertiary/aromatic N) is 3. The lowest BCUT2D eigenvalue weighted by Gasteiger charge is -2.32. The van der Waals surface area contributed by atoms with Crippen molar-refractivity contribution in [3.8, 4) is 0 Å². The standard InChI is InChI=1S/C15H21N5O3/c1-9-11(10(2)23-20-9)7-22-13-4-6-21-8-12(13)18-15-17-5-3-14(16)19-15/h3,5,12-13H,4,6-8H2,1-2H3,(H3,16,17,18,19)/t12-,13+/m1/s1. The topological polar surface area (TPSA) is 108 Å². The fourth-order valence-corrected chi connectivity index (χ4v) is 2.56. The Balaban J connectivity index is 1.64. The van der Waals surface area contributed by atoms with E-state index in [0.29, 0.717) is 31.6 Å². The third kappa shape index (κ3) is 3.77. The van der Waals surface area contributed by atoms with E-state index >= 15 is 0 Å². The van der Waals surface area contributed by atoms with Gasteiger partial charge in [0, 0.05) is 18.4 Å². The predicted octanol–water partition coefficient (Wildman–Crippen LogP) is 1.45. The molecule has 1 aliphatic heterocycles. The van der Waals surface area contributed by atoms with Crippen molar-refractivity contribution in [2.75, 3.05) is 24.3 Å². The lowest BCUT2D eigenvalue weighted by atomic mass is 10.1. The summed E-state index contributed by atoms with van der Waals surface area (Å²) in [7, 11) is 0. The minimum atomic E-state index is -0.0361. The van der Waals surface area contributed by atoms with Gasteiger partial charge in [0.05, 0.1) is 31.1 Å². The van der Waals surface area contributed by atoms with Crippen molar-refractivity contribution in [1.29, 1.82) is 0 Å². The molecule has 0 spiro atoms. The van der Waals surface area contributed by atoms with Crippen LogP contribution >= 0.6 is 0 Å². The molecule has 0 unspecified atom stereocenters. The highest BCUT2D eigenvalue weighted by atomic mass is 16.5. The summed E-state index contributed by atoms with van der Waals surface area (Å²) in [5.74, 6) is 1.69. The van der Waals surface area contributed by atoms with Gasteiger partial charge in [-0.05, 0) is 26.3 Å². The zero-order valence-electron chi connectivity index (χ0n) is 13.3. The second kappa shape index (κ2) is 6.93. The van der Waals surface area contributed by atoms with E-state index < -0.39 is 0 Å². The molecule has 1 saturated heterocycles. The van der Waals surface area contributed by atoms with Crippen LogP contribution < -0.4 is 11.1 Å². The summed E-state index contributed by atoms with van der Waals surface area (Å²) in [4.78, 5) is 8.33. The van der Waals surface area contributed by atoms with Gasteiger partial charge in [0.15, 0.2) is 0 Å². The Morgan fingerprint density at radius 3 is 3.04 bits per heavy atom. The third-order valence-corrected chi connectivity index (χ3v) is 3.91. The fraction of sp³-hybridized carbons (Fsp3) is 0.533. The van der Waals surface area contributed by atoms with Crippen LogP contribution in [0.4, 0.5) is 11.8 Å². The number of nitrogens with one attached hydrogen (secondary N) is 1.